The van der Waals surface area contributed by atoms with Gasteiger partial charge in [0.2, 0.25) is 10.0 Å². The first-order valence-corrected chi connectivity index (χ1v) is 12.7. The van der Waals surface area contributed by atoms with Gasteiger partial charge in [0.1, 0.15) is 0 Å². The van der Waals surface area contributed by atoms with Crippen molar-refractivity contribution in [1.29, 1.82) is 0 Å². The van der Waals surface area contributed by atoms with Crippen molar-refractivity contribution in [3.63, 3.8) is 0 Å². The highest BCUT2D eigenvalue weighted by Gasteiger charge is 2.31. The van der Waals surface area contributed by atoms with Crippen LogP contribution in [0.5, 0.6) is 0 Å². The second kappa shape index (κ2) is 9.70. The van der Waals surface area contributed by atoms with Crippen molar-refractivity contribution in [2.75, 3.05) is 31.1 Å². The molecule has 0 bridgehead atoms. The molecule has 2 aromatic rings. The van der Waals surface area contributed by atoms with E-state index in [1.165, 1.54) is 29.4 Å². The average molecular weight is 492 g/mol. The van der Waals surface area contributed by atoms with E-state index in [1.54, 1.807) is 0 Å². The number of carbonyl (C=O) groups is 2. The Bertz CT molecular complexity index is 1130. The van der Waals surface area contributed by atoms with Gasteiger partial charge in [-0.25, -0.2) is 13.2 Å². The number of benzene rings is 2. The summed E-state index contributed by atoms with van der Waals surface area (Å²) in [4.78, 5) is 26.8. The number of halogens is 1. The van der Waals surface area contributed by atoms with Crippen LogP contribution in [-0.2, 0) is 19.6 Å². The topological polar surface area (TPSA) is 96.0 Å². The molecule has 8 nitrogen and oxygen atoms in total. The van der Waals surface area contributed by atoms with Gasteiger partial charge in [-0.15, -0.1) is 0 Å². The molecule has 4 rings (SSSR count). The number of hydrogen-bond acceptors (Lipinski definition) is 6. The number of sulfonamides is 1. The van der Waals surface area contributed by atoms with Gasteiger partial charge in [0.25, 0.3) is 5.91 Å². The first-order valence-electron chi connectivity index (χ1n) is 10.9. The maximum Gasteiger partial charge on any atom is 0.340 e. The number of rotatable bonds is 7. The highest BCUT2D eigenvalue weighted by molar-refractivity contribution is 7.89. The summed E-state index contributed by atoms with van der Waals surface area (Å²) >= 11 is 6.15. The third kappa shape index (κ3) is 5.48. The molecular formula is C23H26ClN3O5S. The first kappa shape index (κ1) is 23.5. The summed E-state index contributed by atoms with van der Waals surface area (Å²) < 4.78 is 33.1. The molecular weight excluding hydrogens is 466 g/mol. The molecule has 0 spiro atoms. The number of esters is 1. The van der Waals surface area contributed by atoms with Gasteiger partial charge in [-0.05, 0) is 50.1 Å². The Balaban J connectivity index is 1.44. The number of nitrogens with zero attached hydrogens (tertiary/aromatic N) is 2. The summed E-state index contributed by atoms with van der Waals surface area (Å²) in [6, 6.07) is 13.9. The van der Waals surface area contributed by atoms with Crippen LogP contribution in [0.2, 0.25) is 5.02 Å². The number of carbonyl (C=O) groups excluding carboxylic acids is 2. The van der Waals surface area contributed by atoms with Gasteiger partial charge in [-0.1, -0.05) is 29.8 Å². The van der Waals surface area contributed by atoms with E-state index in [0.29, 0.717) is 26.2 Å². The molecule has 1 aliphatic heterocycles. The van der Waals surface area contributed by atoms with Gasteiger partial charge in [-0.2, -0.15) is 4.31 Å². The minimum absolute atomic E-state index is 0.0397. The normalized spacial score (nSPS) is 17.9. The van der Waals surface area contributed by atoms with Crippen LogP contribution >= 0.6 is 11.6 Å². The van der Waals surface area contributed by atoms with E-state index < -0.39 is 22.1 Å². The molecule has 1 aliphatic carbocycles. The zero-order valence-corrected chi connectivity index (χ0v) is 19.8. The molecule has 2 aromatic carbocycles. The van der Waals surface area contributed by atoms with Gasteiger partial charge in [-0.3, -0.25) is 4.79 Å². The molecule has 1 saturated carbocycles. The van der Waals surface area contributed by atoms with Crippen molar-refractivity contribution < 1.29 is 22.7 Å². The zero-order valence-electron chi connectivity index (χ0n) is 18.2. The van der Waals surface area contributed by atoms with Crippen LogP contribution in [0.1, 0.15) is 30.1 Å². The summed E-state index contributed by atoms with van der Waals surface area (Å²) in [6.45, 7) is 3.21. The molecule has 33 heavy (non-hydrogen) atoms. The lowest BCUT2D eigenvalue weighted by molar-refractivity contribution is -0.129. The Hall–Kier alpha value is -2.62. The fourth-order valence-electron chi connectivity index (χ4n) is 3.62. The highest BCUT2D eigenvalue weighted by atomic mass is 35.5. The van der Waals surface area contributed by atoms with Crippen LogP contribution < -0.4 is 10.2 Å². The van der Waals surface area contributed by atoms with E-state index >= 15 is 0 Å². The third-order valence-corrected chi connectivity index (χ3v) is 7.96. The van der Waals surface area contributed by atoms with E-state index in [9.17, 15) is 18.0 Å². The summed E-state index contributed by atoms with van der Waals surface area (Å²) in [6.07, 6.45) is 0.815. The lowest BCUT2D eigenvalue weighted by Gasteiger charge is -2.35. The molecule has 1 unspecified atom stereocenters. The fraction of sp³-hybridized carbons (Fsp3) is 0.391. The van der Waals surface area contributed by atoms with Crippen LogP contribution in [0.3, 0.4) is 0 Å². The first-order chi connectivity index (χ1) is 15.8. The Morgan fingerprint density at radius 1 is 1.06 bits per heavy atom. The molecule has 176 valence electrons. The van der Waals surface area contributed by atoms with Gasteiger partial charge in [0.15, 0.2) is 6.10 Å². The van der Waals surface area contributed by atoms with Crippen LogP contribution in [0, 0.1) is 0 Å². The molecule has 2 fully saturated rings. The minimum atomic E-state index is -3.83. The maximum atomic E-state index is 13.2. The predicted molar refractivity (Wildman–Crippen MR) is 125 cm³/mol. The van der Waals surface area contributed by atoms with Crippen molar-refractivity contribution in [3.8, 4) is 0 Å². The number of para-hydroxylation sites is 1. The quantitative estimate of drug-likeness (QED) is 0.598. The maximum absolute atomic E-state index is 13.2. The fourth-order valence-corrected chi connectivity index (χ4v) is 5.26. The minimum Gasteiger partial charge on any atom is -0.449 e. The molecule has 10 heteroatoms. The van der Waals surface area contributed by atoms with Gasteiger partial charge >= 0.3 is 5.97 Å². The van der Waals surface area contributed by atoms with Crippen LogP contribution in [0.4, 0.5) is 5.69 Å². The monoisotopic (exact) mass is 491 g/mol. The van der Waals surface area contributed by atoms with Gasteiger partial charge < -0.3 is 15.0 Å². The van der Waals surface area contributed by atoms with E-state index in [0.717, 1.165) is 18.5 Å². The third-order valence-electron chi connectivity index (χ3n) is 5.73. The predicted octanol–water partition coefficient (Wildman–Crippen LogP) is 2.67. The van der Waals surface area contributed by atoms with Crippen LogP contribution in [-0.4, -0.2) is 62.9 Å². The van der Waals surface area contributed by atoms with Crippen molar-refractivity contribution in [3.05, 3.63) is 59.1 Å². The van der Waals surface area contributed by atoms with Gasteiger partial charge in [0, 0.05) is 37.9 Å². The average Bonchev–Trinajstić information content (AvgIpc) is 3.63. The summed E-state index contributed by atoms with van der Waals surface area (Å²) in [7, 11) is -3.83. The van der Waals surface area contributed by atoms with Crippen LogP contribution in [0.15, 0.2) is 53.4 Å². The summed E-state index contributed by atoms with van der Waals surface area (Å²) in [5.74, 6) is -1.23. The van der Waals surface area contributed by atoms with E-state index in [4.69, 9.17) is 16.3 Å². The summed E-state index contributed by atoms with van der Waals surface area (Å²) in [5, 5.41) is 2.82. The lowest BCUT2D eigenvalue weighted by Crippen LogP contribution is -2.48. The number of piperazine rings is 1. The number of amides is 1. The molecule has 1 saturated heterocycles. The SMILES string of the molecule is CC(OC(=O)c1cc(S(=O)(=O)N2CCN(c3ccccc3)CC2)ccc1Cl)C(=O)NC1CC1. The Morgan fingerprint density at radius 2 is 1.73 bits per heavy atom. The molecule has 1 heterocycles. The Labute approximate surface area is 198 Å². The molecule has 0 aromatic heterocycles. The second-order valence-electron chi connectivity index (χ2n) is 8.20. The van der Waals surface area contributed by atoms with E-state index in [2.05, 4.69) is 10.2 Å². The highest BCUT2D eigenvalue weighted by Crippen LogP contribution is 2.26. The number of hydrogen-bond donors (Lipinski definition) is 1. The Kier molecular flexibility index (Phi) is 6.92. The van der Waals surface area contributed by atoms with E-state index in [1.807, 2.05) is 30.3 Å². The molecule has 0 radical (unpaired) electrons. The largest absolute Gasteiger partial charge is 0.449 e. The number of anilines is 1. The molecule has 1 atom stereocenters. The molecule has 1 N–H and O–H groups in total. The standard InChI is InChI=1S/C23H26ClN3O5S/c1-16(22(28)25-17-7-8-17)32-23(29)20-15-19(9-10-21(20)24)33(30,31)27-13-11-26(12-14-27)18-5-3-2-4-6-18/h2-6,9-10,15-17H,7-8,11-14H2,1H3,(H,25,28). The Morgan fingerprint density at radius 3 is 2.36 bits per heavy atom. The summed E-state index contributed by atoms with van der Waals surface area (Å²) in [5.41, 5.74) is 0.956. The number of nitrogens with one attached hydrogen (secondary N) is 1. The van der Waals surface area contributed by atoms with Crippen molar-refractivity contribution in [1.82, 2.24) is 9.62 Å². The van der Waals surface area contributed by atoms with Crippen molar-refractivity contribution >= 4 is 39.2 Å². The second-order valence-corrected chi connectivity index (χ2v) is 10.5. The lowest BCUT2D eigenvalue weighted by atomic mass is 10.2. The zero-order chi connectivity index (χ0) is 23.6. The molecule has 2 aliphatic rings. The van der Waals surface area contributed by atoms with Crippen LogP contribution in [0.25, 0.3) is 0 Å². The molecule has 1 amide bonds. The number of ether oxygens (including phenoxy) is 1. The van der Waals surface area contributed by atoms with Gasteiger partial charge in [0.05, 0.1) is 15.5 Å². The van der Waals surface area contributed by atoms with Crippen molar-refractivity contribution in [2.24, 2.45) is 0 Å². The van der Waals surface area contributed by atoms with Crippen molar-refractivity contribution in [2.45, 2.75) is 36.8 Å². The van der Waals surface area contributed by atoms with E-state index in [-0.39, 0.29) is 27.4 Å². The smallest absolute Gasteiger partial charge is 0.340 e.